The number of pyridine rings is 1. The number of likely N-dealkylation sites (tertiary alicyclic amines) is 1. The molecule has 4 heterocycles. The summed E-state index contributed by atoms with van der Waals surface area (Å²) in [6, 6.07) is 5.88. The molecule has 1 aliphatic rings. The second kappa shape index (κ2) is 10.2. The van der Waals surface area contributed by atoms with E-state index in [4.69, 9.17) is 20.2 Å². The molecule has 0 saturated carbocycles. The molecule has 32 heavy (non-hydrogen) atoms. The standard InChI is InChI=1S/C23H30N6O2S/c1-15-13-19(24)27-23(26-15)31-16(2)21-17(3)32-22(28-21)18-7-8-25-20(14-18)30-12-11-29-9-5-4-6-10-29/h7-8,13-14,16H,4-6,9-12H2,1-3H3,(H2,24,26,27)/t16-/m0/s1. The van der Waals surface area contributed by atoms with E-state index in [-0.39, 0.29) is 12.1 Å². The van der Waals surface area contributed by atoms with E-state index in [2.05, 4.69) is 19.9 Å². The van der Waals surface area contributed by atoms with Crippen molar-refractivity contribution in [3.05, 3.63) is 40.7 Å². The third-order valence-corrected chi connectivity index (χ3v) is 6.48. The number of nitrogens with zero attached hydrogens (tertiary/aromatic N) is 5. The maximum Gasteiger partial charge on any atom is 0.319 e. The second-order valence-corrected chi connectivity index (χ2v) is 9.27. The molecule has 0 radical (unpaired) electrons. The van der Waals surface area contributed by atoms with Gasteiger partial charge < -0.3 is 15.2 Å². The Hall–Kier alpha value is -2.78. The number of anilines is 1. The number of nitrogens with two attached hydrogens (primary N) is 1. The van der Waals surface area contributed by atoms with Crippen molar-refractivity contribution in [2.45, 2.75) is 46.1 Å². The fraction of sp³-hybridized carbons (Fsp3) is 0.478. The van der Waals surface area contributed by atoms with Gasteiger partial charge in [-0.05, 0) is 52.8 Å². The van der Waals surface area contributed by atoms with Gasteiger partial charge in [0.15, 0.2) is 0 Å². The number of aromatic nitrogens is 4. The summed E-state index contributed by atoms with van der Waals surface area (Å²) in [6.07, 6.45) is 5.37. The van der Waals surface area contributed by atoms with Crippen molar-refractivity contribution in [3.8, 4) is 22.5 Å². The van der Waals surface area contributed by atoms with E-state index in [1.54, 1.807) is 23.6 Å². The van der Waals surface area contributed by atoms with E-state index in [1.807, 2.05) is 32.9 Å². The monoisotopic (exact) mass is 454 g/mol. The Morgan fingerprint density at radius 1 is 1.12 bits per heavy atom. The highest BCUT2D eigenvalue weighted by Crippen LogP contribution is 2.33. The Bertz CT molecular complexity index is 1030. The number of ether oxygens (including phenoxy) is 2. The first-order chi connectivity index (χ1) is 15.5. The smallest absolute Gasteiger partial charge is 0.319 e. The van der Waals surface area contributed by atoms with Gasteiger partial charge in [0.2, 0.25) is 5.88 Å². The molecule has 0 bridgehead atoms. The van der Waals surface area contributed by atoms with Crippen molar-refractivity contribution in [3.63, 3.8) is 0 Å². The summed E-state index contributed by atoms with van der Waals surface area (Å²) in [5.74, 6) is 1.02. The van der Waals surface area contributed by atoms with E-state index in [0.717, 1.165) is 33.4 Å². The lowest BCUT2D eigenvalue weighted by molar-refractivity contribution is 0.180. The first-order valence-corrected chi connectivity index (χ1v) is 11.9. The molecule has 1 fully saturated rings. The maximum atomic E-state index is 5.93. The molecule has 0 amide bonds. The van der Waals surface area contributed by atoms with Crippen LogP contribution in [-0.4, -0.2) is 51.1 Å². The van der Waals surface area contributed by atoms with Gasteiger partial charge in [-0.1, -0.05) is 6.42 Å². The minimum absolute atomic E-state index is 0.261. The Balaban J connectivity index is 1.41. The number of hydrogen-bond acceptors (Lipinski definition) is 9. The van der Waals surface area contributed by atoms with Crippen LogP contribution in [0.2, 0.25) is 0 Å². The van der Waals surface area contributed by atoms with Gasteiger partial charge >= 0.3 is 6.01 Å². The summed E-state index contributed by atoms with van der Waals surface area (Å²) in [7, 11) is 0. The molecule has 4 rings (SSSR count). The Labute approximate surface area is 192 Å². The van der Waals surface area contributed by atoms with E-state index in [9.17, 15) is 0 Å². The minimum Gasteiger partial charge on any atom is -0.476 e. The molecule has 1 atom stereocenters. The van der Waals surface area contributed by atoms with Crippen LogP contribution in [0.15, 0.2) is 24.4 Å². The highest BCUT2D eigenvalue weighted by molar-refractivity contribution is 7.15. The lowest BCUT2D eigenvalue weighted by Crippen LogP contribution is -2.33. The fourth-order valence-corrected chi connectivity index (χ4v) is 4.82. The fourth-order valence-electron chi connectivity index (χ4n) is 3.82. The topological polar surface area (TPSA) is 99.3 Å². The van der Waals surface area contributed by atoms with Crippen molar-refractivity contribution in [2.75, 3.05) is 32.0 Å². The predicted molar refractivity (Wildman–Crippen MR) is 126 cm³/mol. The molecular formula is C23H30N6O2S. The molecule has 170 valence electrons. The van der Waals surface area contributed by atoms with Crippen molar-refractivity contribution in [2.24, 2.45) is 0 Å². The summed E-state index contributed by atoms with van der Waals surface area (Å²) >= 11 is 1.62. The maximum absolute atomic E-state index is 5.93. The normalized spacial score (nSPS) is 15.5. The average molecular weight is 455 g/mol. The van der Waals surface area contributed by atoms with Gasteiger partial charge in [-0.25, -0.2) is 15.0 Å². The molecular weight excluding hydrogens is 424 g/mol. The van der Waals surface area contributed by atoms with Gasteiger partial charge in [0, 0.05) is 41.0 Å². The van der Waals surface area contributed by atoms with E-state index in [1.165, 1.54) is 32.4 Å². The Kier molecular flexibility index (Phi) is 7.16. The molecule has 0 aromatic carbocycles. The van der Waals surface area contributed by atoms with Crippen LogP contribution in [0.5, 0.6) is 11.9 Å². The van der Waals surface area contributed by atoms with E-state index < -0.39 is 0 Å². The zero-order chi connectivity index (χ0) is 22.5. The number of aryl methyl sites for hydroxylation is 2. The van der Waals surface area contributed by atoms with Crippen LogP contribution in [0.1, 0.15) is 48.6 Å². The summed E-state index contributed by atoms with van der Waals surface area (Å²) in [5, 5.41) is 0.904. The molecule has 0 spiro atoms. The number of piperidine rings is 1. The number of thiazole rings is 1. The van der Waals surface area contributed by atoms with E-state index in [0.29, 0.717) is 18.3 Å². The highest BCUT2D eigenvalue weighted by atomic mass is 32.1. The second-order valence-electron chi connectivity index (χ2n) is 8.07. The molecule has 3 aromatic heterocycles. The van der Waals surface area contributed by atoms with E-state index >= 15 is 0 Å². The largest absolute Gasteiger partial charge is 0.476 e. The minimum atomic E-state index is -0.302. The van der Waals surface area contributed by atoms with Gasteiger partial charge in [-0.2, -0.15) is 4.98 Å². The van der Waals surface area contributed by atoms with Crippen LogP contribution in [0, 0.1) is 13.8 Å². The van der Waals surface area contributed by atoms with Crippen LogP contribution in [0.3, 0.4) is 0 Å². The first-order valence-electron chi connectivity index (χ1n) is 11.0. The number of nitrogen functional groups attached to an aromatic ring is 1. The lowest BCUT2D eigenvalue weighted by Gasteiger charge is -2.26. The molecule has 0 unspecified atom stereocenters. The quantitative estimate of drug-likeness (QED) is 0.541. The van der Waals surface area contributed by atoms with Gasteiger partial charge in [-0.15, -0.1) is 11.3 Å². The molecule has 0 aliphatic carbocycles. The zero-order valence-corrected chi connectivity index (χ0v) is 19.7. The van der Waals surface area contributed by atoms with Crippen molar-refractivity contribution in [1.82, 2.24) is 24.8 Å². The van der Waals surface area contributed by atoms with Crippen LogP contribution >= 0.6 is 11.3 Å². The molecule has 3 aromatic rings. The molecule has 2 N–H and O–H groups in total. The van der Waals surface area contributed by atoms with Crippen LogP contribution in [0.25, 0.3) is 10.6 Å². The SMILES string of the molecule is Cc1cc(N)nc(O[C@@H](C)c2nc(-c3ccnc(OCCN4CCCCC4)c3)sc2C)n1. The lowest BCUT2D eigenvalue weighted by atomic mass is 10.1. The van der Waals surface area contributed by atoms with Crippen molar-refractivity contribution >= 4 is 17.2 Å². The third kappa shape index (κ3) is 5.72. The molecule has 1 aliphatic heterocycles. The average Bonchev–Trinajstić information content (AvgIpc) is 3.16. The summed E-state index contributed by atoms with van der Waals surface area (Å²) < 4.78 is 11.9. The summed E-state index contributed by atoms with van der Waals surface area (Å²) in [6.45, 7) is 9.75. The Morgan fingerprint density at radius 3 is 2.72 bits per heavy atom. The summed E-state index contributed by atoms with van der Waals surface area (Å²) in [5.41, 5.74) is 8.42. The van der Waals surface area contributed by atoms with Crippen molar-refractivity contribution in [1.29, 1.82) is 0 Å². The zero-order valence-electron chi connectivity index (χ0n) is 18.9. The van der Waals surface area contributed by atoms with Crippen LogP contribution < -0.4 is 15.2 Å². The number of hydrogen-bond donors (Lipinski definition) is 1. The first kappa shape index (κ1) is 22.4. The van der Waals surface area contributed by atoms with Gasteiger partial charge in [0.1, 0.15) is 23.5 Å². The van der Waals surface area contributed by atoms with Crippen LogP contribution in [0.4, 0.5) is 5.82 Å². The highest BCUT2D eigenvalue weighted by Gasteiger charge is 2.19. The third-order valence-electron chi connectivity index (χ3n) is 5.44. The summed E-state index contributed by atoms with van der Waals surface area (Å²) in [4.78, 5) is 21.2. The van der Waals surface area contributed by atoms with Crippen LogP contribution in [-0.2, 0) is 0 Å². The van der Waals surface area contributed by atoms with Gasteiger partial charge in [0.25, 0.3) is 0 Å². The van der Waals surface area contributed by atoms with Gasteiger partial charge in [0.05, 0.1) is 5.69 Å². The van der Waals surface area contributed by atoms with Crippen molar-refractivity contribution < 1.29 is 9.47 Å². The molecule has 1 saturated heterocycles. The predicted octanol–water partition coefficient (Wildman–Crippen LogP) is 4.20. The molecule has 9 heteroatoms. The molecule has 8 nitrogen and oxygen atoms in total. The number of rotatable bonds is 8. The Morgan fingerprint density at radius 2 is 1.94 bits per heavy atom. The van der Waals surface area contributed by atoms with Gasteiger partial charge in [-0.3, -0.25) is 4.90 Å².